The number of fused-ring (bicyclic) bond motifs is 1. The third-order valence-corrected chi connectivity index (χ3v) is 6.77. The van der Waals surface area contributed by atoms with E-state index in [1.165, 1.54) is 19.3 Å². The van der Waals surface area contributed by atoms with Gasteiger partial charge in [0.05, 0.1) is 11.2 Å². The van der Waals surface area contributed by atoms with Gasteiger partial charge in [0.1, 0.15) is 5.78 Å². The molecule has 1 spiro atoms. The van der Waals surface area contributed by atoms with Crippen LogP contribution in [0.15, 0.2) is 0 Å². The van der Waals surface area contributed by atoms with Gasteiger partial charge >= 0.3 is 0 Å². The van der Waals surface area contributed by atoms with Crippen LogP contribution in [0.5, 0.6) is 0 Å². The number of hydrogen-bond acceptors (Lipinski definition) is 2. The number of ketones is 1. The number of Topliss-reactive ketones (excluding diaryl/α,β-unsaturated/α-hetero) is 1. The Bertz CT molecular complexity index is 414. The molecule has 0 aromatic rings. The summed E-state index contributed by atoms with van der Waals surface area (Å²) in [5.41, 5.74) is 0.0351. The van der Waals surface area contributed by atoms with Crippen LogP contribution < -0.4 is 0 Å². The number of ether oxygens (including phenoxy) is 1. The van der Waals surface area contributed by atoms with Gasteiger partial charge in [0.15, 0.2) is 0 Å². The highest BCUT2D eigenvalue weighted by atomic mass is 16.5. The molecule has 0 radical (unpaired) electrons. The minimum absolute atomic E-state index is 0.0418. The Morgan fingerprint density at radius 3 is 2.70 bits per heavy atom. The summed E-state index contributed by atoms with van der Waals surface area (Å²) >= 11 is 0. The number of carbonyl (C=O) groups excluding carboxylic acids is 1. The summed E-state index contributed by atoms with van der Waals surface area (Å²) in [5.74, 6) is 1.28. The molecule has 0 aromatic carbocycles. The number of carbonyl (C=O) groups is 1. The van der Waals surface area contributed by atoms with Crippen LogP contribution in [0.25, 0.3) is 0 Å². The summed E-state index contributed by atoms with van der Waals surface area (Å²) in [6.07, 6.45) is 8.83. The van der Waals surface area contributed by atoms with Crippen molar-refractivity contribution in [1.82, 2.24) is 0 Å². The molecule has 3 aliphatic rings. The average Bonchev–Trinajstić information content (AvgIpc) is 2.61. The van der Waals surface area contributed by atoms with Crippen LogP contribution in [0.2, 0.25) is 0 Å². The van der Waals surface area contributed by atoms with Crippen molar-refractivity contribution in [3.63, 3.8) is 0 Å². The molecule has 1 heterocycles. The Morgan fingerprint density at radius 2 is 2.00 bits per heavy atom. The van der Waals surface area contributed by atoms with Crippen LogP contribution in [0.1, 0.15) is 79.1 Å². The van der Waals surface area contributed by atoms with Crippen molar-refractivity contribution in [3.8, 4) is 0 Å². The first kappa shape index (κ1) is 14.6. The standard InChI is InChI=1S/C18H30O2/c1-5-6-7-14-15(19)9-11-17(4)10-8-13-12-18(14,17)20-16(13,2)3/h13-14H,5-12H2,1-4H3/t13-,14+,17-,18+/m1/s1. The lowest BCUT2D eigenvalue weighted by Gasteiger charge is -2.55. The first-order chi connectivity index (χ1) is 9.35. The van der Waals surface area contributed by atoms with Crippen LogP contribution in [-0.2, 0) is 9.53 Å². The van der Waals surface area contributed by atoms with Gasteiger partial charge in [-0.05, 0) is 57.3 Å². The topological polar surface area (TPSA) is 26.3 Å². The summed E-state index contributed by atoms with van der Waals surface area (Å²) < 4.78 is 6.73. The monoisotopic (exact) mass is 278 g/mol. The Hall–Kier alpha value is -0.370. The quantitative estimate of drug-likeness (QED) is 0.759. The van der Waals surface area contributed by atoms with Crippen molar-refractivity contribution in [2.24, 2.45) is 17.3 Å². The van der Waals surface area contributed by atoms with Crippen molar-refractivity contribution >= 4 is 5.78 Å². The molecule has 4 atom stereocenters. The first-order valence-corrected chi connectivity index (χ1v) is 8.57. The molecule has 0 unspecified atom stereocenters. The highest BCUT2D eigenvalue weighted by Gasteiger charge is 2.67. The molecule has 2 heteroatoms. The predicted molar refractivity (Wildman–Crippen MR) is 80.6 cm³/mol. The SMILES string of the molecule is CCCC[C@H]1C(=O)CC[C@@]2(C)CC[C@@H]3C[C@]12OC3(C)C. The molecule has 0 aromatic heterocycles. The molecule has 2 aliphatic carbocycles. The van der Waals surface area contributed by atoms with Crippen molar-refractivity contribution in [1.29, 1.82) is 0 Å². The number of rotatable bonds is 3. The molecular formula is C18H30O2. The van der Waals surface area contributed by atoms with E-state index in [0.29, 0.717) is 11.7 Å². The first-order valence-electron chi connectivity index (χ1n) is 8.57. The number of unbranched alkanes of at least 4 members (excludes halogenated alkanes) is 1. The highest BCUT2D eigenvalue weighted by molar-refractivity contribution is 5.83. The van der Waals surface area contributed by atoms with E-state index in [1.807, 2.05) is 0 Å². The lowest BCUT2D eigenvalue weighted by atomic mass is 9.51. The summed E-state index contributed by atoms with van der Waals surface area (Å²) in [5, 5.41) is 0. The molecule has 114 valence electrons. The van der Waals surface area contributed by atoms with Gasteiger partial charge < -0.3 is 4.74 Å². The van der Waals surface area contributed by atoms with E-state index in [9.17, 15) is 4.79 Å². The predicted octanol–water partition coefficient (Wildman–Crippen LogP) is 4.51. The second kappa shape index (κ2) is 4.56. The largest absolute Gasteiger partial charge is 0.368 e. The van der Waals surface area contributed by atoms with E-state index in [-0.39, 0.29) is 22.5 Å². The second-order valence-electron chi connectivity index (χ2n) is 8.26. The van der Waals surface area contributed by atoms with Crippen molar-refractivity contribution in [2.45, 2.75) is 90.3 Å². The summed E-state index contributed by atoms with van der Waals surface area (Å²) in [7, 11) is 0. The molecule has 0 N–H and O–H groups in total. The summed E-state index contributed by atoms with van der Waals surface area (Å²) in [6.45, 7) is 9.10. The summed E-state index contributed by atoms with van der Waals surface area (Å²) in [6, 6.07) is 0. The van der Waals surface area contributed by atoms with Gasteiger partial charge in [0, 0.05) is 12.3 Å². The van der Waals surface area contributed by atoms with Crippen LogP contribution in [0.4, 0.5) is 0 Å². The molecule has 2 saturated carbocycles. The lowest BCUT2D eigenvalue weighted by molar-refractivity contribution is -0.198. The third-order valence-electron chi connectivity index (χ3n) is 6.77. The van der Waals surface area contributed by atoms with Crippen molar-refractivity contribution in [3.05, 3.63) is 0 Å². The zero-order chi connectivity index (χ0) is 14.6. The molecular weight excluding hydrogens is 248 g/mol. The Balaban J connectivity index is 1.99. The van der Waals surface area contributed by atoms with Crippen molar-refractivity contribution in [2.75, 3.05) is 0 Å². The maximum absolute atomic E-state index is 12.6. The van der Waals surface area contributed by atoms with Gasteiger partial charge in [-0.2, -0.15) is 0 Å². The minimum atomic E-state index is -0.149. The minimum Gasteiger partial charge on any atom is -0.368 e. The molecule has 2 bridgehead atoms. The van der Waals surface area contributed by atoms with Gasteiger partial charge in [-0.25, -0.2) is 0 Å². The van der Waals surface area contributed by atoms with E-state index in [0.717, 1.165) is 32.1 Å². The maximum atomic E-state index is 12.6. The van der Waals surface area contributed by atoms with E-state index >= 15 is 0 Å². The molecule has 2 nitrogen and oxygen atoms in total. The van der Waals surface area contributed by atoms with E-state index in [1.54, 1.807) is 0 Å². The molecule has 1 saturated heterocycles. The molecule has 0 amide bonds. The fourth-order valence-corrected chi connectivity index (χ4v) is 5.34. The zero-order valence-corrected chi connectivity index (χ0v) is 13.6. The zero-order valence-electron chi connectivity index (χ0n) is 13.6. The van der Waals surface area contributed by atoms with Gasteiger partial charge in [-0.1, -0.05) is 26.7 Å². The lowest BCUT2D eigenvalue weighted by Crippen LogP contribution is -2.59. The highest BCUT2D eigenvalue weighted by Crippen LogP contribution is 2.65. The van der Waals surface area contributed by atoms with Gasteiger partial charge in [0.25, 0.3) is 0 Å². The average molecular weight is 278 g/mol. The fourth-order valence-electron chi connectivity index (χ4n) is 5.34. The second-order valence-corrected chi connectivity index (χ2v) is 8.26. The van der Waals surface area contributed by atoms with Gasteiger partial charge in [-0.15, -0.1) is 0 Å². The fraction of sp³-hybridized carbons (Fsp3) is 0.944. The Morgan fingerprint density at radius 1 is 1.25 bits per heavy atom. The van der Waals surface area contributed by atoms with E-state index < -0.39 is 0 Å². The smallest absolute Gasteiger partial charge is 0.138 e. The molecule has 20 heavy (non-hydrogen) atoms. The Labute approximate surface area is 123 Å². The normalized spacial score (nSPS) is 46.3. The van der Waals surface area contributed by atoms with Gasteiger partial charge in [-0.3, -0.25) is 4.79 Å². The molecule has 3 fully saturated rings. The third kappa shape index (κ3) is 1.83. The van der Waals surface area contributed by atoms with Gasteiger partial charge in [0.2, 0.25) is 0 Å². The summed E-state index contributed by atoms with van der Waals surface area (Å²) in [4.78, 5) is 12.6. The maximum Gasteiger partial charge on any atom is 0.138 e. The number of hydrogen-bond donors (Lipinski definition) is 0. The van der Waals surface area contributed by atoms with Crippen molar-refractivity contribution < 1.29 is 9.53 Å². The van der Waals surface area contributed by atoms with Crippen LogP contribution in [-0.4, -0.2) is 17.0 Å². The molecule has 1 aliphatic heterocycles. The van der Waals surface area contributed by atoms with E-state index in [2.05, 4.69) is 27.7 Å². The van der Waals surface area contributed by atoms with Crippen LogP contribution in [0.3, 0.4) is 0 Å². The van der Waals surface area contributed by atoms with Crippen LogP contribution >= 0.6 is 0 Å². The van der Waals surface area contributed by atoms with E-state index in [4.69, 9.17) is 4.74 Å². The Kier molecular flexibility index (Phi) is 3.32. The van der Waals surface area contributed by atoms with Crippen LogP contribution in [0, 0.1) is 17.3 Å². The molecule has 3 rings (SSSR count).